The van der Waals surface area contributed by atoms with Crippen LogP contribution in [0.15, 0.2) is 4.99 Å². The quantitative estimate of drug-likeness (QED) is 0.485. The number of hydrogen-bond donors (Lipinski definition) is 1. The lowest BCUT2D eigenvalue weighted by Gasteiger charge is -2.16. The first kappa shape index (κ1) is 16.6. The van der Waals surface area contributed by atoms with E-state index in [-0.39, 0.29) is 29.4 Å². The summed E-state index contributed by atoms with van der Waals surface area (Å²) in [4.78, 5) is 6.43. The van der Waals surface area contributed by atoms with Gasteiger partial charge in [0.15, 0.2) is 5.96 Å². The Morgan fingerprint density at radius 1 is 1.42 bits per heavy atom. The number of nitrogens with two attached hydrogens (primary N) is 1. The van der Waals surface area contributed by atoms with E-state index < -0.39 is 0 Å². The van der Waals surface area contributed by atoms with E-state index in [1.54, 1.807) is 11.3 Å². The van der Waals surface area contributed by atoms with Gasteiger partial charge < -0.3 is 10.6 Å². The zero-order valence-electron chi connectivity index (χ0n) is 11.9. The second kappa shape index (κ2) is 6.34. The Kier molecular flexibility index (Phi) is 5.54. The number of nitrogens with zero attached hydrogens (tertiary/aromatic N) is 4. The zero-order valence-corrected chi connectivity index (χ0v) is 15.0. The molecular formula is C12H22IN5S. The normalized spacial score (nSPS) is 16.1. The van der Waals surface area contributed by atoms with Crippen LogP contribution in [0.5, 0.6) is 0 Å². The average Bonchev–Trinajstić information content (AvgIpc) is 3.02. The van der Waals surface area contributed by atoms with E-state index in [0.29, 0.717) is 18.5 Å². The predicted molar refractivity (Wildman–Crippen MR) is 90.1 cm³/mol. The molecule has 5 nitrogen and oxygen atoms in total. The van der Waals surface area contributed by atoms with Gasteiger partial charge in [0, 0.05) is 18.5 Å². The van der Waals surface area contributed by atoms with Crippen molar-refractivity contribution < 1.29 is 0 Å². The van der Waals surface area contributed by atoms with Crippen LogP contribution >= 0.6 is 35.3 Å². The van der Waals surface area contributed by atoms with Crippen molar-refractivity contribution in [2.45, 2.75) is 51.6 Å². The molecule has 0 spiro atoms. The van der Waals surface area contributed by atoms with E-state index >= 15 is 0 Å². The van der Waals surface area contributed by atoms with Crippen molar-refractivity contribution in [3.63, 3.8) is 0 Å². The summed E-state index contributed by atoms with van der Waals surface area (Å²) in [5.41, 5.74) is 5.98. The molecule has 0 aliphatic heterocycles. The fourth-order valence-electron chi connectivity index (χ4n) is 1.53. The highest BCUT2D eigenvalue weighted by Crippen LogP contribution is 2.26. The van der Waals surface area contributed by atoms with Crippen LogP contribution in [0.3, 0.4) is 0 Å². The van der Waals surface area contributed by atoms with Gasteiger partial charge in [-0.05, 0) is 12.8 Å². The molecule has 0 saturated heterocycles. The molecule has 1 aliphatic carbocycles. The van der Waals surface area contributed by atoms with Crippen molar-refractivity contribution in [2.24, 2.45) is 10.7 Å². The Bertz CT molecular complexity index is 447. The Labute approximate surface area is 135 Å². The van der Waals surface area contributed by atoms with Crippen LogP contribution < -0.4 is 5.73 Å². The Hall–Kier alpha value is -0.440. The molecule has 1 aromatic heterocycles. The summed E-state index contributed by atoms with van der Waals surface area (Å²) in [6.07, 6.45) is 2.44. The molecule has 1 fully saturated rings. The van der Waals surface area contributed by atoms with Gasteiger partial charge in [-0.1, -0.05) is 32.1 Å². The fraction of sp³-hybridized carbons (Fsp3) is 0.750. The molecule has 0 aromatic carbocycles. The molecule has 7 heteroatoms. The Morgan fingerprint density at radius 3 is 2.53 bits per heavy atom. The summed E-state index contributed by atoms with van der Waals surface area (Å²) in [7, 11) is 2.00. The van der Waals surface area contributed by atoms with Gasteiger partial charge in [-0.25, -0.2) is 4.99 Å². The van der Waals surface area contributed by atoms with E-state index in [4.69, 9.17) is 5.73 Å². The van der Waals surface area contributed by atoms with Gasteiger partial charge in [-0.15, -0.1) is 34.2 Å². The maximum absolute atomic E-state index is 5.93. The van der Waals surface area contributed by atoms with E-state index in [0.717, 1.165) is 10.0 Å². The Balaban J connectivity index is 0.00000180. The summed E-state index contributed by atoms with van der Waals surface area (Å²) < 4.78 is 0. The third kappa shape index (κ3) is 4.55. The monoisotopic (exact) mass is 395 g/mol. The molecule has 19 heavy (non-hydrogen) atoms. The van der Waals surface area contributed by atoms with Crippen LogP contribution in [0, 0.1) is 0 Å². The highest BCUT2D eigenvalue weighted by Gasteiger charge is 2.27. The van der Waals surface area contributed by atoms with Crippen LogP contribution in [0.4, 0.5) is 0 Å². The van der Waals surface area contributed by atoms with Crippen molar-refractivity contribution >= 4 is 41.3 Å². The Morgan fingerprint density at radius 2 is 2.05 bits per heavy atom. The second-order valence-corrected chi connectivity index (χ2v) is 6.83. The van der Waals surface area contributed by atoms with Crippen molar-refractivity contribution in [3.05, 3.63) is 10.0 Å². The minimum atomic E-state index is 0. The lowest BCUT2D eigenvalue weighted by atomic mass is 9.98. The summed E-state index contributed by atoms with van der Waals surface area (Å²) >= 11 is 1.61. The van der Waals surface area contributed by atoms with Gasteiger partial charge in [-0.2, -0.15) is 0 Å². The molecule has 0 bridgehead atoms. The highest BCUT2D eigenvalue weighted by atomic mass is 127. The van der Waals surface area contributed by atoms with Crippen molar-refractivity contribution in [1.82, 2.24) is 15.1 Å². The number of halogens is 1. The summed E-state index contributed by atoms with van der Waals surface area (Å²) in [5, 5.41) is 10.3. The van der Waals surface area contributed by atoms with Crippen LogP contribution in [-0.2, 0) is 12.0 Å². The predicted octanol–water partition coefficient (Wildman–Crippen LogP) is 2.36. The van der Waals surface area contributed by atoms with E-state index in [1.165, 1.54) is 12.8 Å². The fourth-order valence-corrected chi connectivity index (χ4v) is 2.35. The molecule has 1 aliphatic rings. The van der Waals surface area contributed by atoms with Gasteiger partial charge in [-0.3, -0.25) is 0 Å². The smallest absolute Gasteiger partial charge is 0.191 e. The molecule has 1 saturated carbocycles. The number of rotatable bonds is 3. The molecule has 0 radical (unpaired) electrons. The molecule has 0 amide bonds. The minimum Gasteiger partial charge on any atom is -0.370 e. The second-order valence-electron chi connectivity index (χ2n) is 5.77. The highest BCUT2D eigenvalue weighted by molar-refractivity contribution is 14.0. The number of aliphatic imine (C=N–C) groups is 1. The maximum atomic E-state index is 5.93. The van der Waals surface area contributed by atoms with Gasteiger partial charge in [0.25, 0.3) is 0 Å². The third-order valence-electron chi connectivity index (χ3n) is 2.94. The topological polar surface area (TPSA) is 67.4 Å². The standard InChI is InChI=1S/C12H21N5S.HI/c1-12(2,3)10-16-15-9(18-10)7-14-11(13)17(4)8-5-6-8;/h8H,5-7H2,1-4H3,(H2,13,14);1H. The van der Waals surface area contributed by atoms with E-state index in [2.05, 4.69) is 36.0 Å². The van der Waals surface area contributed by atoms with Crippen molar-refractivity contribution in [2.75, 3.05) is 7.05 Å². The van der Waals surface area contributed by atoms with Crippen LogP contribution in [-0.4, -0.2) is 34.1 Å². The van der Waals surface area contributed by atoms with Gasteiger partial charge >= 0.3 is 0 Å². The van der Waals surface area contributed by atoms with Crippen molar-refractivity contribution in [3.8, 4) is 0 Å². The summed E-state index contributed by atoms with van der Waals surface area (Å²) in [6.45, 7) is 6.93. The van der Waals surface area contributed by atoms with Gasteiger partial charge in [0.1, 0.15) is 10.0 Å². The lowest BCUT2D eigenvalue weighted by molar-refractivity contribution is 0.487. The van der Waals surface area contributed by atoms with Crippen molar-refractivity contribution in [1.29, 1.82) is 0 Å². The molecule has 0 atom stereocenters. The van der Waals surface area contributed by atoms with E-state index in [9.17, 15) is 0 Å². The molecule has 1 aromatic rings. The molecule has 0 unspecified atom stereocenters. The molecular weight excluding hydrogens is 373 g/mol. The van der Waals surface area contributed by atoms with Crippen LogP contribution in [0.25, 0.3) is 0 Å². The summed E-state index contributed by atoms with van der Waals surface area (Å²) in [5.74, 6) is 0.602. The number of guanidine groups is 1. The molecule has 1 heterocycles. The maximum Gasteiger partial charge on any atom is 0.191 e. The molecule has 2 N–H and O–H groups in total. The van der Waals surface area contributed by atoms with Crippen LogP contribution in [0.2, 0.25) is 0 Å². The largest absolute Gasteiger partial charge is 0.370 e. The first-order valence-corrected chi connectivity index (χ1v) is 7.05. The molecule has 108 valence electrons. The first-order chi connectivity index (χ1) is 8.38. The molecule has 2 rings (SSSR count). The minimum absolute atomic E-state index is 0. The summed E-state index contributed by atoms with van der Waals surface area (Å²) in [6, 6.07) is 0.591. The number of hydrogen-bond acceptors (Lipinski definition) is 4. The third-order valence-corrected chi connectivity index (χ3v) is 4.27. The first-order valence-electron chi connectivity index (χ1n) is 6.23. The van der Waals surface area contributed by atoms with Gasteiger partial charge in [0.05, 0.1) is 6.54 Å². The SMILES string of the molecule is CN(C(N)=NCc1nnc(C(C)(C)C)s1)C1CC1.I. The lowest BCUT2D eigenvalue weighted by Crippen LogP contribution is -2.35. The van der Waals surface area contributed by atoms with E-state index in [1.807, 2.05) is 11.9 Å². The number of aromatic nitrogens is 2. The zero-order chi connectivity index (χ0) is 13.3. The average molecular weight is 395 g/mol. The van der Waals surface area contributed by atoms with Gasteiger partial charge in [0.2, 0.25) is 0 Å². The van der Waals surface area contributed by atoms with Crippen LogP contribution in [0.1, 0.15) is 43.6 Å².